The Hall–Kier alpha value is -2.95. The highest BCUT2D eigenvalue weighted by Gasteiger charge is 2.04. The number of rotatable bonds is 4. The first-order valence-corrected chi connectivity index (χ1v) is 7.75. The van der Waals surface area contributed by atoms with Gasteiger partial charge in [0.1, 0.15) is 11.6 Å². The summed E-state index contributed by atoms with van der Waals surface area (Å²) in [6, 6.07) is 10.1. The molecule has 0 amide bonds. The Balaban J connectivity index is 1.49. The van der Waals surface area contributed by atoms with E-state index in [2.05, 4.69) is 49.5 Å². The van der Waals surface area contributed by atoms with E-state index in [0.717, 1.165) is 46.4 Å². The first-order valence-electron chi connectivity index (χ1n) is 7.75. The van der Waals surface area contributed by atoms with Crippen molar-refractivity contribution in [2.75, 3.05) is 5.32 Å². The van der Waals surface area contributed by atoms with Crippen molar-refractivity contribution in [3.05, 3.63) is 59.2 Å². The van der Waals surface area contributed by atoms with Crippen LogP contribution in [0.5, 0.6) is 0 Å². The van der Waals surface area contributed by atoms with E-state index >= 15 is 0 Å². The van der Waals surface area contributed by atoms with Crippen LogP contribution in [0.3, 0.4) is 0 Å². The fourth-order valence-electron chi connectivity index (χ4n) is 2.63. The van der Waals surface area contributed by atoms with E-state index in [-0.39, 0.29) is 0 Å². The number of anilines is 1. The van der Waals surface area contributed by atoms with E-state index in [1.165, 1.54) is 0 Å². The molecular weight excluding hydrogens is 286 g/mol. The van der Waals surface area contributed by atoms with E-state index in [1.54, 1.807) is 6.20 Å². The molecule has 3 aromatic rings. The van der Waals surface area contributed by atoms with Crippen LogP contribution in [0, 0.1) is 0 Å². The third kappa shape index (κ3) is 2.99. The SMILES string of the molecule is C1=c2ncc(NCc3nc(-c4ccccc4)c[nH]3)nc2=CCC1. The van der Waals surface area contributed by atoms with Crippen LogP contribution in [0.15, 0.2) is 42.7 Å². The van der Waals surface area contributed by atoms with Gasteiger partial charge in [0.25, 0.3) is 0 Å². The molecule has 0 bridgehead atoms. The van der Waals surface area contributed by atoms with Gasteiger partial charge in [-0.1, -0.05) is 42.5 Å². The molecule has 1 aliphatic carbocycles. The van der Waals surface area contributed by atoms with Crippen LogP contribution in [0.2, 0.25) is 0 Å². The lowest BCUT2D eigenvalue weighted by atomic mass is 10.2. The minimum Gasteiger partial charge on any atom is -0.362 e. The molecule has 2 heterocycles. The molecule has 0 saturated carbocycles. The molecule has 5 nitrogen and oxygen atoms in total. The molecule has 5 heteroatoms. The molecule has 1 aliphatic rings. The molecular formula is C18H17N5. The number of aromatic amines is 1. The highest BCUT2D eigenvalue weighted by molar-refractivity contribution is 5.58. The number of fused-ring (bicyclic) bond motifs is 1. The van der Waals surface area contributed by atoms with Crippen molar-refractivity contribution in [2.45, 2.75) is 19.4 Å². The summed E-state index contributed by atoms with van der Waals surface area (Å²) in [4.78, 5) is 16.8. The first-order chi connectivity index (χ1) is 11.4. The third-order valence-corrected chi connectivity index (χ3v) is 3.81. The van der Waals surface area contributed by atoms with Crippen molar-refractivity contribution in [1.29, 1.82) is 0 Å². The summed E-state index contributed by atoms with van der Waals surface area (Å²) >= 11 is 0. The van der Waals surface area contributed by atoms with Crippen molar-refractivity contribution in [3.63, 3.8) is 0 Å². The summed E-state index contributed by atoms with van der Waals surface area (Å²) in [5, 5.41) is 5.22. The average molecular weight is 303 g/mol. The molecule has 4 rings (SSSR count). The van der Waals surface area contributed by atoms with Gasteiger partial charge in [-0.25, -0.2) is 9.97 Å². The van der Waals surface area contributed by atoms with Crippen molar-refractivity contribution in [2.24, 2.45) is 0 Å². The molecule has 0 atom stereocenters. The topological polar surface area (TPSA) is 66.5 Å². The van der Waals surface area contributed by atoms with Crippen LogP contribution in [-0.2, 0) is 6.54 Å². The van der Waals surface area contributed by atoms with Gasteiger partial charge in [-0.05, 0) is 12.8 Å². The maximum atomic E-state index is 4.60. The van der Waals surface area contributed by atoms with Gasteiger partial charge in [0.2, 0.25) is 0 Å². The number of benzene rings is 1. The van der Waals surface area contributed by atoms with Crippen LogP contribution in [-0.4, -0.2) is 19.9 Å². The maximum absolute atomic E-state index is 4.60. The monoisotopic (exact) mass is 303 g/mol. The maximum Gasteiger partial charge on any atom is 0.145 e. The Morgan fingerprint density at radius 3 is 2.70 bits per heavy atom. The zero-order valence-electron chi connectivity index (χ0n) is 12.7. The van der Waals surface area contributed by atoms with Gasteiger partial charge in [0.05, 0.1) is 29.1 Å². The lowest BCUT2D eigenvalue weighted by molar-refractivity contribution is 0.962. The Morgan fingerprint density at radius 1 is 1.00 bits per heavy atom. The van der Waals surface area contributed by atoms with Gasteiger partial charge in [0.15, 0.2) is 0 Å². The molecule has 0 unspecified atom stereocenters. The van der Waals surface area contributed by atoms with Crippen LogP contribution < -0.4 is 16.0 Å². The lowest BCUT2D eigenvalue weighted by Crippen LogP contribution is -2.33. The van der Waals surface area contributed by atoms with Gasteiger partial charge >= 0.3 is 0 Å². The smallest absolute Gasteiger partial charge is 0.145 e. The van der Waals surface area contributed by atoms with Crippen LogP contribution in [0.1, 0.15) is 18.7 Å². The quantitative estimate of drug-likeness (QED) is 0.772. The predicted molar refractivity (Wildman–Crippen MR) is 90.8 cm³/mol. The van der Waals surface area contributed by atoms with Crippen molar-refractivity contribution in [1.82, 2.24) is 19.9 Å². The van der Waals surface area contributed by atoms with Crippen molar-refractivity contribution >= 4 is 18.0 Å². The van der Waals surface area contributed by atoms with Gasteiger partial charge in [0, 0.05) is 11.8 Å². The summed E-state index contributed by atoms with van der Waals surface area (Å²) in [5.74, 6) is 1.65. The van der Waals surface area contributed by atoms with E-state index < -0.39 is 0 Å². The van der Waals surface area contributed by atoms with Gasteiger partial charge in [-0.3, -0.25) is 4.98 Å². The summed E-state index contributed by atoms with van der Waals surface area (Å²) < 4.78 is 0. The third-order valence-electron chi connectivity index (χ3n) is 3.81. The first kappa shape index (κ1) is 13.7. The van der Waals surface area contributed by atoms with Gasteiger partial charge in [-0.2, -0.15) is 0 Å². The van der Waals surface area contributed by atoms with E-state index in [9.17, 15) is 0 Å². The van der Waals surface area contributed by atoms with Crippen molar-refractivity contribution < 1.29 is 0 Å². The standard InChI is InChI=1S/C18H17N5/c1-2-6-13(7-3-1)16-10-20-18(23-16)12-21-17-11-19-14-8-4-5-9-15(14)22-17/h1-3,6-11H,4-5,12H2,(H,20,23)(H,21,22). The highest BCUT2D eigenvalue weighted by atomic mass is 15.0. The highest BCUT2D eigenvalue weighted by Crippen LogP contribution is 2.16. The van der Waals surface area contributed by atoms with E-state index in [0.29, 0.717) is 6.54 Å². The molecule has 2 N–H and O–H groups in total. The minimum absolute atomic E-state index is 0.587. The number of imidazole rings is 1. The Kier molecular flexibility index (Phi) is 3.60. The van der Waals surface area contributed by atoms with E-state index in [4.69, 9.17) is 0 Å². The summed E-state index contributed by atoms with van der Waals surface area (Å²) in [7, 11) is 0. The second kappa shape index (κ2) is 6.04. The molecule has 1 aromatic carbocycles. The molecule has 114 valence electrons. The molecule has 0 radical (unpaired) electrons. The van der Waals surface area contributed by atoms with E-state index in [1.807, 2.05) is 24.4 Å². The predicted octanol–water partition coefficient (Wildman–Crippen LogP) is 1.83. The zero-order chi connectivity index (χ0) is 15.5. The second-order valence-electron chi connectivity index (χ2n) is 5.46. The molecule has 0 aliphatic heterocycles. The number of hydrogen-bond donors (Lipinski definition) is 2. The normalized spacial score (nSPS) is 12.9. The Bertz CT molecular complexity index is 928. The van der Waals surface area contributed by atoms with Gasteiger partial charge in [-0.15, -0.1) is 0 Å². The molecule has 0 spiro atoms. The number of hydrogen-bond acceptors (Lipinski definition) is 4. The van der Waals surface area contributed by atoms with Gasteiger partial charge < -0.3 is 10.3 Å². The number of aromatic nitrogens is 4. The summed E-state index contributed by atoms with van der Waals surface area (Å²) in [6.45, 7) is 0.587. The average Bonchev–Trinajstić information content (AvgIpc) is 3.10. The zero-order valence-corrected chi connectivity index (χ0v) is 12.7. The van der Waals surface area contributed by atoms with Crippen LogP contribution in [0.25, 0.3) is 23.4 Å². The van der Waals surface area contributed by atoms with Crippen LogP contribution >= 0.6 is 0 Å². The molecule has 23 heavy (non-hydrogen) atoms. The number of nitrogens with zero attached hydrogens (tertiary/aromatic N) is 3. The molecule has 2 aromatic heterocycles. The summed E-state index contributed by atoms with van der Waals surface area (Å²) in [6.07, 6.45) is 10.0. The number of nitrogens with one attached hydrogen (secondary N) is 2. The lowest BCUT2D eigenvalue weighted by Gasteiger charge is -2.04. The number of H-pyrrole nitrogens is 1. The molecule has 0 saturated heterocycles. The van der Waals surface area contributed by atoms with Crippen LogP contribution in [0.4, 0.5) is 5.82 Å². The largest absolute Gasteiger partial charge is 0.362 e. The molecule has 0 fully saturated rings. The fourth-order valence-corrected chi connectivity index (χ4v) is 2.63. The minimum atomic E-state index is 0.587. The fraction of sp³-hybridized carbons (Fsp3) is 0.167. The second-order valence-corrected chi connectivity index (χ2v) is 5.46. The van der Waals surface area contributed by atoms with Crippen molar-refractivity contribution in [3.8, 4) is 11.3 Å². The Morgan fingerprint density at radius 2 is 1.83 bits per heavy atom. The summed E-state index contributed by atoms with van der Waals surface area (Å²) in [5.41, 5.74) is 2.05. The Labute approximate surface area is 133 Å².